The Morgan fingerprint density at radius 3 is 3.00 bits per heavy atom. The third kappa shape index (κ3) is 3.18. The van der Waals surface area contributed by atoms with Crippen molar-refractivity contribution in [1.82, 2.24) is 0 Å². The molecule has 0 radical (unpaired) electrons. The molecule has 0 unspecified atom stereocenters. The van der Waals surface area contributed by atoms with Gasteiger partial charge in [-0.15, -0.1) is 0 Å². The van der Waals surface area contributed by atoms with Crippen LogP contribution in [0.15, 0.2) is 36.5 Å². The van der Waals surface area contributed by atoms with Gasteiger partial charge < -0.3 is 15.2 Å². The van der Waals surface area contributed by atoms with Gasteiger partial charge in [0.25, 0.3) is 0 Å². The van der Waals surface area contributed by atoms with Gasteiger partial charge in [-0.1, -0.05) is 6.07 Å². The number of anilines is 1. The van der Waals surface area contributed by atoms with E-state index in [1.807, 2.05) is 0 Å². The molecule has 1 aromatic carbocycles. The van der Waals surface area contributed by atoms with Crippen molar-refractivity contribution in [3.8, 4) is 5.75 Å². The van der Waals surface area contributed by atoms with Gasteiger partial charge in [-0.25, -0.2) is 4.79 Å². The van der Waals surface area contributed by atoms with E-state index in [9.17, 15) is 4.79 Å². The predicted octanol–water partition coefficient (Wildman–Crippen LogP) is 1.49. The second-order valence-electron chi connectivity index (χ2n) is 2.55. The lowest BCUT2D eigenvalue weighted by Crippen LogP contribution is -1.96. The maximum Gasteiger partial charge on any atom is 0.331 e. The minimum absolute atomic E-state index is 0.168. The highest BCUT2D eigenvalue weighted by atomic mass is 16.5. The maximum absolute atomic E-state index is 10.7. The van der Waals surface area contributed by atoms with E-state index in [4.69, 9.17) is 5.11 Å². The van der Waals surface area contributed by atoms with Crippen LogP contribution in [-0.4, -0.2) is 18.2 Å². The molecule has 2 N–H and O–H groups in total. The number of phenolic OH excluding ortho intramolecular Hbond substituents is 1. The van der Waals surface area contributed by atoms with Gasteiger partial charge in [0.05, 0.1) is 7.11 Å². The number of carbonyl (C=O) groups is 1. The molecular formula is C10H11NO3. The minimum atomic E-state index is -0.433. The quantitative estimate of drug-likeness (QED) is 0.564. The van der Waals surface area contributed by atoms with Crippen LogP contribution in [0.25, 0.3) is 0 Å². The van der Waals surface area contributed by atoms with Crippen LogP contribution in [0, 0.1) is 0 Å². The van der Waals surface area contributed by atoms with Crippen molar-refractivity contribution < 1.29 is 14.6 Å². The Morgan fingerprint density at radius 1 is 1.57 bits per heavy atom. The summed E-state index contributed by atoms with van der Waals surface area (Å²) in [6, 6.07) is 6.57. The van der Waals surface area contributed by atoms with Crippen LogP contribution in [-0.2, 0) is 9.53 Å². The molecule has 0 amide bonds. The van der Waals surface area contributed by atoms with Crippen LogP contribution in [0.2, 0.25) is 0 Å². The van der Waals surface area contributed by atoms with E-state index in [0.717, 1.165) is 0 Å². The number of carbonyl (C=O) groups excluding carboxylic acids is 1. The number of hydrogen-bond acceptors (Lipinski definition) is 4. The number of ether oxygens (including phenoxy) is 1. The van der Waals surface area contributed by atoms with Crippen LogP contribution >= 0.6 is 0 Å². The number of nitrogens with one attached hydrogen (secondary N) is 1. The zero-order valence-electron chi connectivity index (χ0n) is 7.73. The van der Waals surface area contributed by atoms with E-state index in [1.54, 1.807) is 24.3 Å². The molecule has 0 heterocycles. The molecular weight excluding hydrogens is 182 g/mol. The van der Waals surface area contributed by atoms with E-state index in [2.05, 4.69) is 10.1 Å². The molecule has 0 aromatic heterocycles. The highest BCUT2D eigenvalue weighted by Gasteiger charge is 1.92. The highest BCUT2D eigenvalue weighted by Crippen LogP contribution is 2.14. The average molecular weight is 193 g/mol. The van der Waals surface area contributed by atoms with Crippen molar-refractivity contribution in [2.24, 2.45) is 0 Å². The van der Waals surface area contributed by atoms with Crippen LogP contribution < -0.4 is 5.32 Å². The molecule has 0 fully saturated rings. The van der Waals surface area contributed by atoms with Crippen molar-refractivity contribution in [3.05, 3.63) is 36.5 Å². The summed E-state index contributed by atoms with van der Waals surface area (Å²) < 4.78 is 4.40. The Kier molecular flexibility index (Phi) is 3.55. The van der Waals surface area contributed by atoms with Crippen molar-refractivity contribution in [1.29, 1.82) is 0 Å². The van der Waals surface area contributed by atoms with Crippen molar-refractivity contribution in [2.45, 2.75) is 0 Å². The third-order valence-corrected chi connectivity index (χ3v) is 1.52. The topological polar surface area (TPSA) is 58.6 Å². The number of benzene rings is 1. The molecule has 0 aliphatic carbocycles. The number of hydrogen-bond donors (Lipinski definition) is 2. The second-order valence-corrected chi connectivity index (χ2v) is 2.55. The lowest BCUT2D eigenvalue weighted by Gasteiger charge is -1.99. The van der Waals surface area contributed by atoms with Gasteiger partial charge in [0.2, 0.25) is 0 Å². The number of phenols is 1. The van der Waals surface area contributed by atoms with Crippen LogP contribution in [0.4, 0.5) is 5.69 Å². The van der Waals surface area contributed by atoms with Crippen molar-refractivity contribution in [2.75, 3.05) is 12.4 Å². The lowest BCUT2D eigenvalue weighted by molar-refractivity contribution is -0.134. The van der Waals surface area contributed by atoms with Gasteiger partial charge in [-0.3, -0.25) is 0 Å². The smallest absolute Gasteiger partial charge is 0.331 e. The van der Waals surface area contributed by atoms with Gasteiger partial charge in [0.1, 0.15) is 5.75 Å². The molecule has 4 heteroatoms. The molecule has 0 aliphatic rings. The van der Waals surface area contributed by atoms with Gasteiger partial charge in [-0.05, 0) is 12.1 Å². The number of esters is 1. The fraction of sp³-hybridized carbons (Fsp3) is 0.100. The minimum Gasteiger partial charge on any atom is -0.508 e. The zero-order valence-corrected chi connectivity index (χ0v) is 7.73. The Hall–Kier alpha value is -1.97. The number of aromatic hydroxyl groups is 1. The average Bonchev–Trinajstić information content (AvgIpc) is 2.17. The maximum atomic E-state index is 10.7. The fourth-order valence-corrected chi connectivity index (χ4v) is 0.870. The van der Waals surface area contributed by atoms with Gasteiger partial charge in [0.15, 0.2) is 0 Å². The van der Waals surface area contributed by atoms with E-state index in [-0.39, 0.29) is 5.75 Å². The SMILES string of the molecule is COC(=O)/C=C/Nc1cccc(O)c1. The standard InChI is InChI=1S/C10H11NO3/c1-14-10(13)5-6-11-8-3-2-4-9(12)7-8/h2-7,11-12H,1H3/b6-5+. The van der Waals surface area contributed by atoms with E-state index < -0.39 is 5.97 Å². The third-order valence-electron chi connectivity index (χ3n) is 1.52. The summed E-state index contributed by atoms with van der Waals surface area (Å²) in [5.41, 5.74) is 0.699. The van der Waals surface area contributed by atoms with E-state index >= 15 is 0 Å². The van der Waals surface area contributed by atoms with E-state index in [0.29, 0.717) is 5.69 Å². The monoisotopic (exact) mass is 193 g/mol. The second kappa shape index (κ2) is 4.91. The Labute approximate surface area is 81.8 Å². The summed E-state index contributed by atoms with van der Waals surface area (Å²) in [5, 5.41) is 11.9. The summed E-state index contributed by atoms with van der Waals surface area (Å²) in [7, 11) is 1.31. The Balaban J connectivity index is 2.53. The highest BCUT2D eigenvalue weighted by molar-refractivity contribution is 5.82. The molecule has 0 saturated carbocycles. The summed E-state index contributed by atoms with van der Waals surface area (Å²) in [5.74, 6) is -0.265. The Bertz CT molecular complexity index is 347. The molecule has 0 bridgehead atoms. The molecule has 0 atom stereocenters. The molecule has 74 valence electrons. The van der Waals surface area contributed by atoms with Crippen molar-refractivity contribution >= 4 is 11.7 Å². The summed E-state index contributed by atoms with van der Waals surface area (Å²) in [4.78, 5) is 10.7. The summed E-state index contributed by atoms with van der Waals surface area (Å²) in [6.45, 7) is 0. The summed E-state index contributed by atoms with van der Waals surface area (Å²) in [6.07, 6.45) is 2.70. The molecule has 1 rings (SSSR count). The largest absolute Gasteiger partial charge is 0.508 e. The number of methoxy groups -OCH3 is 1. The number of rotatable bonds is 3. The molecule has 0 spiro atoms. The van der Waals surface area contributed by atoms with Gasteiger partial charge >= 0.3 is 5.97 Å². The van der Waals surface area contributed by atoms with Crippen LogP contribution in [0.3, 0.4) is 0 Å². The van der Waals surface area contributed by atoms with Gasteiger partial charge in [-0.2, -0.15) is 0 Å². The molecule has 1 aromatic rings. The fourth-order valence-electron chi connectivity index (χ4n) is 0.870. The van der Waals surface area contributed by atoms with Crippen molar-refractivity contribution in [3.63, 3.8) is 0 Å². The first-order chi connectivity index (χ1) is 6.72. The zero-order chi connectivity index (χ0) is 10.4. The lowest BCUT2D eigenvalue weighted by atomic mass is 10.3. The molecule has 0 saturated heterocycles. The Morgan fingerprint density at radius 2 is 2.36 bits per heavy atom. The van der Waals surface area contributed by atoms with Crippen LogP contribution in [0.5, 0.6) is 5.75 Å². The molecule has 14 heavy (non-hydrogen) atoms. The van der Waals surface area contributed by atoms with Gasteiger partial charge in [0, 0.05) is 24.0 Å². The first kappa shape index (κ1) is 10.1. The molecule has 0 aliphatic heterocycles. The van der Waals surface area contributed by atoms with Crippen LogP contribution in [0.1, 0.15) is 0 Å². The predicted molar refractivity (Wildman–Crippen MR) is 52.9 cm³/mol. The summed E-state index contributed by atoms with van der Waals surface area (Å²) >= 11 is 0. The van der Waals surface area contributed by atoms with E-state index in [1.165, 1.54) is 19.4 Å². The normalized spacial score (nSPS) is 10.1. The first-order valence-corrected chi connectivity index (χ1v) is 4.02. The molecule has 4 nitrogen and oxygen atoms in total. The first-order valence-electron chi connectivity index (χ1n) is 4.02.